The summed E-state index contributed by atoms with van der Waals surface area (Å²) in [5.41, 5.74) is 1.76. The van der Waals surface area contributed by atoms with Crippen molar-refractivity contribution >= 4 is 12.0 Å². The average Bonchev–Trinajstić information content (AvgIpc) is 3.77. The van der Waals surface area contributed by atoms with Crippen LogP contribution in [-0.4, -0.2) is 90.5 Å². The molecule has 0 bridgehead atoms. The van der Waals surface area contributed by atoms with Crippen LogP contribution in [0, 0.1) is 30.6 Å². The predicted molar refractivity (Wildman–Crippen MR) is 177 cm³/mol. The van der Waals surface area contributed by atoms with Gasteiger partial charge < -0.3 is 28.7 Å². The summed E-state index contributed by atoms with van der Waals surface area (Å²) in [6.07, 6.45) is 7.49. The predicted octanol–water partition coefficient (Wildman–Crippen LogP) is 6.20. The van der Waals surface area contributed by atoms with Gasteiger partial charge in [-0.2, -0.15) is 0 Å². The summed E-state index contributed by atoms with van der Waals surface area (Å²) < 4.78 is 22.6. The number of methoxy groups -OCH3 is 2. The van der Waals surface area contributed by atoms with Crippen LogP contribution in [0.15, 0.2) is 30.6 Å². The van der Waals surface area contributed by atoms with Crippen molar-refractivity contribution in [3.8, 4) is 11.5 Å². The third-order valence-corrected chi connectivity index (χ3v) is 8.93. The van der Waals surface area contributed by atoms with E-state index in [-0.39, 0.29) is 29.9 Å². The van der Waals surface area contributed by atoms with Crippen molar-refractivity contribution in [2.75, 3.05) is 47.1 Å². The van der Waals surface area contributed by atoms with E-state index in [0.29, 0.717) is 56.1 Å². The molecule has 1 saturated heterocycles. The number of aryl methyl sites for hydroxylation is 1. The molecule has 1 aromatic carbocycles. The molecule has 10 heteroatoms. The maximum absolute atomic E-state index is 13.7. The first-order chi connectivity index (χ1) is 21.9. The maximum atomic E-state index is 13.7. The van der Waals surface area contributed by atoms with E-state index in [1.54, 1.807) is 26.6 Å². The lowest BCUT2D eigenvalue weighted by Crippen LogP contribution is -2.40. The van der Waals surface area contributed by atoms with Crippen LogP contribution in [0.5, 0.6) is 11.5 Å². The summed E-state index contributed by atoms with van der Waals surface area (Å²) >= 11 is 0. The highest BCUT2D eigenvalue weighted by molar-refractivity contribution is 5.92. The van der Waals surface area contributed by atoms with Crippen molar-refractivity contribution in [1.29, 1.82) is 0 Å². The first-order valence-corrected chi connectivity index (χ1v) is 16.7. The molecular weight excluding hydrogens is 584 g/mol. The number of rotatable bonds is 15. The van der Waals surface area contributed by atoms with Gasteiger partial charge in [0.05, 0.1) is 25.6 Å². The van der Waals surface area contributed by atoms with Crippen molar-refractivity contribution in [2.24, 2.45) is 23.7 Å². The lowest BCUT2D eigenvalue weighted by Gasteiger charge is -2.31. The minimum absolute atomic E-state index is 0.0823. The highest BCUT2D eigenvalue weighted by Gasteiger charge is 2.43. The molecule has 1 aromatic heterocycles. The van der Waals surface area contributed by atoms with Crippen LogP contribution in [0.25, 0.3) is 0 Å². The summed E-state index contributed by atoms with van der Waals surface area (Å²) in [7, 11) is 3.35. The Balaban J connectivity index is 1.54. The second-order valence-corrected chi connectivity index (χ2v) is 14.3. The quantitative estimate of drug-likeness (QED) is 0.213. The third kappa shape index (κ3) is 10.0. The molecule has 3 atom stereocenters. The first kappa shape index (κ1) is 35.5. The molecule has 1 saturated carbocycles. The molecule has 4 rings (SSSR count). The van der Waals surface area contributed by atoms with Gasteiger partial charge in [-0.25, -0.2) is 9.78 Å². The van der Waals surface area contributed by atoms with Gasteiger partial charge in [0.15, 0.2) is 11.5 Å². The van der Waals surface area contributed by atoms with Gasteiger partial charge in [0.25, 0.3) is 5.91 Å². The van der Waals surface area contributed by atoms with Crippen LogP contribution in [0.3, 0.4) is 0 Å². The number of aromatic nitrogens is 2. The topological polar surface area (TPSA) is 103 Å². The Kier molecular flexibility index (Phi) is 12.3. The van der Waals surface area contributed by atoms with Gasteiger partial charge in [0.1, 0.15) is 11.3 Å². The monoisotopic (exact) mass is 638 g/mol. The molecule has 1 aliphatic carbocycles. The molecule has 1 aliphatic heterocycles. The summed E-state index contributed by atoms with van der Waals surface area (Å²) in [5.74, 6) is 2.47. The highest BCUT2D eigenvalue weighted by atomic mass is 16.6. The number of hydrogen-bond acceptors (Lipinski definition) is 8. The molecule has 0 N–H and O–H groups in total. The molecule has 254 valence electrons. The number of hydrogen-bond donors (Lipinski definition) is 0. The van der Waals surface area contributed by atoms with Crippen LogP contribution >= 0.6 is 0 Å². The molecule has 0 radical (unpaired) electrons. The Bertz CT molecular complexity index is 1290. The zero-order chi connectivity index (χ0) is 33.4. The van der Waals surface area contributed by atoms with E-state index in [1.807, 2.05) is 43.6 Å². The SMILES string of the molecule is COCCCOc1cc(C[C@@H](CC2CN(C(=O)OC(C)(C)C)CC2CN(C(=O)c2cnc(C)cn2)C2CC2)C(C)C)ccc1OC. The standard InChI is InChI=1S/C36H54N4O6/c1-24(2)27(16-26-10-13-32(44-8)33(17-26)45-15-9-14-43-7)18-28-21-39(35(42)46-36(4,5)6)22-29(28)23-40(30-11-12-30)34(41)31-20-37-25(3)19-38-31/h10,13,17,19-20,24,27-30H,9,11-12,14-16,18,21-23H2,1-8H3/t27-,28?,29?/m0/s1. The maximum Gasteiger partial charge on any atom is 0.410 e. The zero-order valence-electron chi connectivity index (χ0n) is 29.1. The second kappa shape index (κ2) is 15.9. The molecule has 46 heavy (non-hydrogen) atoms. The number of benzene rings is 1. The van der Waals surface area contributed by atoms with Gasteiger partial charge in [0, 0.05) is 52.0 Å². The van der Waals surface area contributed by atoms with Crippen LogP contribution < -0.4 is 9.47 Å². The Morgan fingerprint density at radius 3 is 2.37 bits per heavy atom. The molecule has 2 aromatic rings. The highest BCUT2D eigenvalue weighted by Crippen LogP contribution is 2.38. The van der Waals surface area contributed by atoms with Crippen LogP contribution in [0.1, 0.15) is 82.0 Å². The Hall–Kier alpha value is -3.40. The van der Waals surface area contributed by atoms with Gasteiger partial charge >= 0.3 is 6.09 Å². The molecule has 2 amide bonds. The van der Waals surface area contributed by atoms with E-state index >= 15 is 0 Å². The summed E-state index contributed by atoms with van der Waals surface area (Å²) in [5, 5.41) is 0. The van der Waals surface area contributed by atoms with E-state index in [4.69, 9.17) is 18.9 Å². The Morgan fingerprint density at radius 1 is 1.02 bits per heavy atom. The molecule has 0 spiro atoms. The largest absolute Gasteiger partial charge is 0.493 e. The lowest BCUT2D eigenvalue weighted by atomic mass is 9.78. The van der Waals surface area contributed by atoms with Crippen LogP contribution in [0.2, 0.25) is 0 Å². The molecule has 10 nitrogen and oxygen atoms in total. The van der Waals surface area contributed by atoms with Crippen LogP contribution in [-0.2, 0) is 15.9 Å². The van der Waals surface area contributed by atoms with E-state index in [0.717, 1.165) is 43.5 Å². The molecule has 2 aliphatic rings. The fourth-order valence-corrected chi connectivity index (χ4v) is 6.20. The third-order valence-electron chi connectivity index (χ3n) is 8.93. The number of amides is 2. The molecule has 2 unspecified atom stereocenters. The minimum atomic E-state index is -0.580. The number of carbonyl (C=O) groups is 2. The number of carbonyl (C=O) groups excluding carboxylic acids is 2. The van der Waals surface area contributed by atoms with Crippen molar-refractivity contribution in [3.05, 3.63) is 47.5 Å². The molecular formula is C36H54N4O6. The van der Waals surface area contributed by atoms with E-state index in [1.165, 1.54) is 5.56 Å². The van der Waals surface area contributed by atoms with Gasteiger partial charge in [0.2, 0.25) is 0 Å². The number of likely N-dealkylation sites (tertiary alicyclic amines) is 1. The van der Waals surface area contributed by atoms with Gasteiger partial charge in [-0.3, -0.25) is 9.78 Å². The Labute approximate surface area is 275 Å². The van der Waals surface area contributed by atoms with Gasteiger partial charge in [-0.15, -0.1) is 0 Å². The first-order valence-electron chi connectivity index (χ1n) is 16.7. The van der Waals surface area contributed by atoms with Crippen LogP contribution in [0.4, 0.5) is 4.79 Å². The smallest absolute Gasteiger partial charge is 0.410 e. The van der Waals surface area contributed by atoms with Crippen molar-refractivity contribution in [1.82, 2.24) is 19.8 Å². The zero-order valence-corrected chi connectivity index (χ0v) is 29.1. The van der Waals surface area contributed by atoms with Crippen molar-refractivity contribution in [2.45, 2.75) is 85.3 Å². The van der Waals surface area contributed by atoms with Gasteiger partial charge in [-0.1, -0.05) is 19.9 Å². The molecule has 2 heterocycles. The van der Waals surface area contributed by atoms with Gasteiger partial charge in [-0.05, 0) is 94.7 Å². The fraction of sp³-hybridized carbons (Fsp3) is 0.667. The fourth-order valence-electron chi connectivity index (χ4n) is 6.20. The molecule has 2 fully saturated rings. The summed E-state index contributed by atoms with van der Waals surface area (Å²) in [6.45, 7) is 15.0. The summed E-state index contributed by atoms with van der Waals surface area (Å²) in [4.78, 5) is 39.5. The number of nitrogens with zero attached hydrogens (tertiary/aromatic N) is 4. The minimum Gasteiger partial charge on any atom is -0.493 e. The number of ether oxygens (including phenoxy) is 4. The van der Waals surface area contributed by atoms with E-state index in [2.05, 4.69) is 35.9 Å². The Morgan fingerprint density at radius 2 is 1.76 bits per heavy atom. The average molecular weight is 639 g/mol. The van der Waals surface area contributed by atoms with Crippen molar-refractivity contribution < 1.29 is 28.5 Å². The second-order valence-electron chi connectivity index (χ2n) is 14.3. The van der Waals surface area contributed by atoms with E-state index in [9.17, 15) is 9.59 Å². The lowest BCUT2D eigenvalue weighted by molar-refractivity contribution is 0.0281. The normalized spacial score (nSPS) is 18.8. The summed E-state index contributed by atoms with van der Waals surface area (Å²) in [6, 6.07) is 6.39. The van der Waals surface area contributed by atoms with Crippen molar-refractivity contribution in [3.63, 3.8) is 0 Å². The van der Waals surface area contributed by atoms with E-state index < -0.39 is 5.60 Å².